The molecule has 2 aromatic rings. The molecule has 1 aromatic carbocycles. The summed E-state index contributed by atoms with van der Waals surface area (Å²) in [7, 11) is 0. The summed E-state index contributed by atoms with van der Waals surface area (Å²) >= 11 is 0. The molecule has 1 atom stereocenters. The first-order chi connectivity index (χ1) is 12.0. The zero-order valence-corrected chi connectivity index (χ0v) is 15.3. The zero-order chi connectivity index (χ0) is 17.9. The lowest BCUT2D eigenvalue weighted by Crippen LogP contribution is -2.58. The molecule has 5 heteroatoms. The van der Waals surface area contributed by atoms with E-state index in [-0.39, 0.29) is 17.4 Å². The van der Waals surface area contributed by atoms with Crippen molar-refractivity contribution >= 4 is 5.91 Å². The van der Waals surface area contributed by atoms with Gasteiger partial charge in [-0.05, 0) is 44.5 Å². The maximum Gasteiger partial charge on any atom is 0.248 e. The average molecular weight is 340 g/mol. The van der Waals surface area contributed by atoms with E-state index in [0.29, 0.717) is 0 Å². The Bertz CT molecular complexity index is 688. The first-order valence-corrected chi connectivity index (χ1v) is 9.04. The van der Waals surface area contributed by atoms with Crippen LogP contribution in [0.3, 0.4) is 0 Å². The summed E-state index contributed by atoms with van der Waals surface area (Å²) in [5.41, 5.74) is 0.464. The monoisotopic (exact) mass is 340 g/mol. The molecule has 0 spiro atoms. The Balaban J connectivity index is 1.82. The molecule has 1 unspecified atom stereocenters. The smallest absolute Gasteiger partial charge is 0.248 e. The third-order valence-electron chi connectivity index (χ3n) is 5.74. The minimum atomic E-state index is -0.601. The van der Waals surface area contributed by atoms with Gasteiger partial charge in [0, 0.05) is 23.9 Å². The van der Waals surface area contributed by atoms with Crippen LogP contribution in [0.15, 0.2) is 48.8 Å². The molecule has 3 rings (SSSR count). The van der Waals surface area contributed by atoms with Gasteiger partial charge in [0.15, 0.2) is 0 Å². The molecule has 1 aliphatic heterocycles. The number of carbonyl (C=O) groups is 1. The van der Waals surface area contributed by atoms with Gasteiger partial charge in [0.05, 0.1) is 0 Å². The molecule has 1 saturated heterocycles. The number of hydrogen-bond donors (Lipinski definition) is 2. The standard InChI is InChI=1S/C20H28N4O/c1-16(19(2,3)17-8-5-4-6-9-17)23-18(25)20(10-13-21-14-11-20)24-15-7-12-22-24/h4-9,12,15-16,21H,10-11,13-14H2,1-3H3,(H,23,25). The quantitative estimate of drug-likeness (QED) is 0.879. The predicted octanol–water partition coefficient (Wildman–Crippen LogP) is 2.44. The molecule has 134 valence electrons. The fourth-order valence-electron chi connectivity index (χ4n) is 3.55. The van der Waals surface area contributed by atoms with Crippen molar-refractivity contribution in [3.8, 4) is 0 Å². The van der Waals surface area contributed by atoms with Crippen LogP contribution in [0.5, 0.6) is 0 Å². The van der Waals surface area contributed by atoms with Crippen LogP contribution in [0.1, 0.15) is 39.2 Å². The highest BCUT2D eigenvalue weighted by Crippen LogP contribution is 2.30. The van der Waals surface area contributed by atoms with E-state index in [1.54, 1.807) is 6.20 Å². The number of amides is 1. The molecule has 0 bridgehead atoms. The Morgan fingerprint density at radius 2 is 1.92 bits per heavy atom. The number of rotatable bonds is 5. The van der Waals surface area contributed by atoms with E-state index in [1.807, 2.05) is 35.1 Å². The summed E-state index contributed by atoms with van der Waals surface area (Å²) in [5.74, 6) is 0.0641. The number of hydrogen-bond acceptors (Lipinski definition) is 3. The normalized spacial score (nSPS) is 18.5. The first kappa shape index (κ1) is 17.7. The summed E-state index contributed by atoms with van der Waals surface area (Å²) in [6, 6.07) is 12.2. The van der Waals surface area contributed by atoms with Crippen molar-refractivity contribution < 1.29 is 4.79 Å². The molecule has 0 radical (unpaired) electrons. The fraction of sp³-hybridized carbons (Fsp3) is 0.500. The summed E-state index contributed by atoms with van der Waals surface area (Å²) < 4.78 is 1.84. The Morgan fingerprint density at radius 3 is 2.52 bits per heavy atom. The minimum absolute atomic E-state index is 0.00437. The molecular formula is C20H28N4O. The van der Waals surface area contributed by atoms with E-state index in [9.17, 15) is 4.79 Å². The van der Waals surface area contributed by atoms with E-state index < -0.39 is 5.54 Å². The molecule has 1 aromatic heterocycles. The number of aromatic nitrogens is 2. The molecule has 5 nitrogen and oxygen atoms in total. The van der Waals surface area contributed by atoms with Crippen LogP contribution in [-0.2, 0) is 15.7 Å². The second-order valence-electron chi connectivity index (χ2n) is 7.52. The summed E-state index contributed by atoms with van der Waals surface area (Å²) in [6.45, 7) is 8.09. The van der Waals surface area contributed by atoms with E-state index in [4.69, 9.17) is 0 Å². The van der Waals surface area contributed by atoms with E-state index in [0.717, 1.165) is 25.9 Å². The lowest BCUT2D eigenvalue weighted by molar-refractivity contribution is -0.133. The van der Waals surface area contributed by atoms with Crippen LogP contribution in [0.25, 0.3) is 0 Å². The number of nitrogens with zero attached hydrogens (tertiary/aromatic N) is 2. The highest BCUT2D eigenvalue weighted by atomic mass is 16.2. The maximum absolute atomic E-state index is 13.3. The third-order valence-corrected chi connectivity index (χ3v) is 5.74. The zero-order valence-electron chi connectivity index (χ0n) is 15.3. The van der Waals surface area contributed by atoms with Crippen molar-refractivity contribution in [1.82, 2.24) is 20.4 Å². The topological polar surface area (TPSA) is 59.0 Å². The van der Waals surface area contributed by atoms with E-state index in [2.05, 4.69) is 48.6 Å². The molecular weight excluding hydrogens is 312 g/mol. The SMILES string of the molecule is CC(NC(=O)C1(n2cccn2)CCNCC1)C(C)(C)c1ccccc1. The molecule has 1 amide bonds. The van der Waals surface area contributed by atoms with Gasteiger partial charge in [-0.1, -0.05) is 44.2 Å². The van der Waals surface area contributed by atoms with Gasteiger partial charge in [-0.15, -0.1) is 0 Å². The van der Waals surface area contributed by atoms with Crippen LogP contribution in [0, 0.1) is 0 Å². The van der Waals surface area contributed by atoms with E-state index >= 15 is 0 Å². The van der Waals surface area contributed by atoms with Crippen LogP contribution in [0.4, 0.5) is 0 Å². The number of nitrogens with one attached hydrogen (secondary N) is 2. The Kier molecular flexibility index (Phi) is 4.95. The Morgan fingerprint density at radius 1 is 1.24 bits per heavy atom. The lowest BCUT2D eigenvalue weighted by Gasteiger charge is -2.40. The van der Waals surface area contributed by atoms with Gasteiger partial charge in [-0.25, -0.2) is 0 Å². The largest absolute Gasteiger partial charge is 0.351 e. The van der Waals surface area contributed by atoms with Crippen LogP contribution < -0.4 is 10.6 Å². The van der Waals surface area contributed by atoms with Gasteiger partial charge in [-0.2, -0.15) is 5.10 Å². The van der Waals surface area contributed by atoms with Crippen molar-refractivity contribution in [1.29, 1.82) is 0 Å². The summed E-state index contributed by atoms with van der Waals surface area (Å²) in [6.07, 6.45) is 5.14. The van der Waals surface area contributed by atoms with Gasteiger partial charge < -0.3 is 10.6 Å². The Hall–Kier alpha value is -2.14. The van der Waals surface area contributed by atoms with Crippen molar-refractivity contribution in [2.24, 2.45) is 0 Å². The molecule has 2 heterocycles. The molecule has 1 aliphatic rings. The highest BCUT2D eigenvalue weighted by molar-refractivity contribution is 5.85. The Labute approximate surface area is 149 Å². The van der Waals surface area contributed by atoms with Gasteiger partial charge in [0.25, 0.3) is 0 Å². The lowest BCUT2D eigenvalue weighted by atomic mass is 9.77. The number of carbonyl (C=O) groups excluding carboxylic acids is 1. The second kappa shape index (κ2) is 7.00. The molecule has 2 N–H and O–H groups in total. The van der Waals surface area contributed by atoms with Crippen LogP contribution in [0.2, 0.25) is 0 Å². The number of benzene rings is 1. The summed E-state index contributed by atoms with van der Waals surface area (Å²) in [5, 5.41) is 11.0. The van der Waals surface area contributed by atoms with Crippen molar-refractivity contribution in [2.75, 3.05) is 13.1 Å². The van der Waals surface area contributed by atoms with Crippen molar-refractivity contribution in [2.45, 2.75) is 50.6 Å². The molecule has 0 aliphatic carbocycles. The van der Waals surface area contributed by atoms with Crippen molar-refractivity contribution in [3.05, 3.63) is 54.4 Å². The average Bonchev–Trinajstić information content (AvgIpc) is 3.18. The molecule has 25 heavy (non-hydrogen) atoms. The van der Waals surface area contributed by atoms with Gasteiger partial charge in [0.2, 0.25) is 5.91 Å². The van der Waals surface area contributed by atoms with Crippen LogP contribution in [-0.4, -0.2) is 34.8 Å². The third kappa shape index (κ3) is 3.33. The molecule has 0 saturated carbocycles. The maximum atomic E-state index is 13.3. The van der Waals surface area contributed by atoms with Gasteiger partial charge in [-0.3, -0.25) is 9.48 Å². The minimum Gasteiger partial charge on any atom is -0.351 e. The number of piperidine rings is 1. The fourth-order valence-corrected chi connectivity index (χ4v) is 3.55. The first-order valence-electron chi connectivity index (χ1n) is 9.04. The van der Waals surface area contributed by atoms with E-state index in [1.165, 1.54) is 5.56 Å². The second-order valence-corrected chi connectivity index (χ2v) is 7.52. The van der Waals surface area contributed by atoms with Gasteiger partial charge in [0.1, 0.15) is 5.54 Å². The molecule has 1 fully saturated rings. The summed E-state index contributed by atoms with van der Waals surface area (Å²) in [4.78, 5) is 13.3. The predicted molar refractivity (Wildman–Crippen MR) is 99.4 cm³/mol. The van der Waals surface area contributed by atoms with Crippen LogP contribution >= 0.6 is 0 Å². The highest BCUT2D eigenvalue weighted by Gasteiger charge is 2.43. The van der Waals surface area contributed by atoms with Gasteiger partial charge >= 0.3 is 0 Å². The van der Waals surface area contributed by atoms with Crippen molar-refractivity contribution in [3.63, 3.8) is 0 Å².